The lowest BCUT2D eigenvalue weighted by Crippen LogP contribution is -2.39. The van der Waals surface area contributed by atoms with E-state index >= 15 is 0 Å². The number of nitrogens with one attached hydrogen (secondary N) is 2. The Kier molecular flexibility index (Phi) is 6.26. The predicted molar refractivity (Wildman–Crippen MR) is 133 cm³/mol. The molecule has 2 aromatic heterocycles. The molecule has 0 bridgehead atoms. The van der Waals surface area contributed by atoms with E-state index in [1.807, 2.05) is 6.07 Å². The van der Waals surface area contributed by atoms with E-state index in [0.29, 0.717) is 24.1 Å². The highest BCUT2D eigenvalue weighted by Gasteiger charge is 2.44. The number of benzene rings is 2. The van der Waals surface area contributed by atoms with Crippen molar-refractivity contribution >= 4 is 29.2 Å². The van der Waals surface area contributed by atoms with Gasteiger partial charge in [-0.15, -0.1) is 0 Å². The van der Waals surface area contributed by atoms with Gasteiger partial charge in [0.2, 0.25) is 0 Å². The summed E-state index contributed by atoms with van der Waals surface area (Å²) in [5.74, 6) is -1.33. The molecule has 1 saturated carbocycles. The molecule has 2 amide bonds. The van der Waals surface area contributed by atoms with E-state index in [2.05, 4.69) is 20.7 Å². The fourth-order valence-electron chi connectivity index (χ4n) is 3.75. The molecular weight excluding hydrogens is 485 g/mol. The first-order chi connectivity index (χ1) is 17.4. The van der Waals surface area contributed by atoms with E-state index in [0.717, 1.165) is 0 Å². The molecule has 0 atom stereocenters. The SMILES string of the molecule is O=C(NC1(CO)CC1)c1cc(NC(=O)c2cc(-c3ncccc3F)ccc2Cl)n(-c2ccccc2)n1. The first-order valence-electron chi connectivity index (χ1n) is 11.2. The van der Waals surface area contributed by atoms with Gasteiger partial charge in [0, 0.05) is 17.8 Å². The zero-order valence-electron chi connectivity index (χ0n) is 18.9. The third kappa shape index (κ3) is 4.71. The van der Waals surface area contributed by atoms with Gasteiger partial charge in [0.05, 0.1) is 28.4 Å². The molecule has 10 heteroatoms. The zero-order valence-corrected chi connectivity index (χ0v) is 19.7. The van der Waals surface area contributed by atoms with Crippen molar-refractivity contribution in [3.8, 4) is 16.9 Å². The van der Waals surface area contributed by atoms with Crippen molar-refractivity contribution in [3.63, 3.8) is 0 Å². The van der Waals surface area contributed by atoms with Crippen molar-refractivity contribution in [2.24, 2.45) is 0 Å². The summed E-state index contributed by atoms with van der Waals surface area (Å²) in [6, 6.07) is 17.7. The Balaban J connectivity index is 1.48. The van der Waals surface area contributed by atoms with Crippen LogP contribution in [0.25, 0.3) is 16.9 Å². The number of halogens is 2. The van der Waals surface area contributed by atoms with Crippen LogP contribution in [0.15, 0.2) is 72.9 Å². The highest BCUT2D eigenvalue weighted by molar-refractivity contribution is 6.34. The molecule has 8 nitrogen and oxygen atoms in total. The van der Waals surface area contributed by atoms with E-state index in [1.54, 1.807) is 30.3 Å². The van der Waals surface area contributed by atoms with Gasteiger partial charge in [-0.1, -0.05) is 35.9 Å². The number of aliphatic hydroxyl groups excluding tert-OH is 1. The maximum absolute atomic E-state index is 14.3. The molecular formula is C26H21ClFN5O3. The summed E-state index contributed by atoms with van der Waals surface area (Å²) in [7, 11) is 0. The monoisotopic (exact) mass is 505 g/mol. The van der Waals surface area contributed by atoms with Gasteiger partial charge in [-0.25, -0.2) is 9.07 Å². The molecule has 1 fully saturated rings. The predicted octanol–water partition coefficient (Wildman–Crippen LogP) is 4.23. The number of anilines is 1. The van der Waals surface area contributed by atoms with Gasteiger partial charge in [-0.3, -0.25) is 14.6 Å². The molecule has 1 aliphatic rings. The van der Waals surface area contributed by atoms with Gasteiger partial charge in [0.1, 0.15) is 17.3 Å². The van der Waals surface area contributed by atoms with Crippen LogP contribution in [0.5, 0.6) is 0 Å². The molecule has 0 saturated heterocycles. The van der Waals surface area contributed by atoms with Crippen molar-refractivity contribution in [1.82, 2.24) is 20.1 Å². The Morgan fingerprint density at radius 1 is 1.06 bits per heavy atom. The van der Waals surface area contributed by atoms with Crippen molar-refractivity contribution < 1.29 is 19.1 Å². The second-order valence-electron chi connectivity index (χ2n) is 8.54. The van der Waals surface area contributed by atoms with Crippen LogP contribution in [0.4, 0.5) is 10.2 Å². The first-order valence-corrected chi connectivity index (χ1v) is 11.6. The minimum atomic E-state index is -0.619. The van der Waals surface area contributed by atoms with Crippen LogP contribution < -0.4 is 10.6 Å². The van der Waals surface area contributed by atoms with Gasteiger partial charge in [0.25, 0.3) is 11.8 Å². The quantitative estimate of drug-likeness (QED) is 0.348. The molecule has 0 radical (unpaired) electrons. The fourth-order valence-corrected chi connectivity index (χ4v) is 3.96. The number of aromatic nitrogens is 3. The van der Waals surface area contributed by atoms with Crippen molar-refractivity contribution in [1.29, 1.82) is 0 Å². The molecule has 36 heavy (non-hydrogen) atoms. The lowest BCUT2D eigenvalue weighted by Gasteiger charge is -2.12. The minimum absolute atomic E-state index is 0.0734. The normalized spacial score (nSPS) is 13.8. The van der Waals surface area contributed by atoms with E-state index in [4.69, 9.17) is 11.6 Å². The van der Waals surface area contributed by atoms with Crippen LogP contribution in [0.1, 0.15) is 33.7 Å². The summed E-state index contributed by atoms with van der Waals surface area (Å²) in [5, 5.41) is 19.7. The average Bonchev–Trinajstić information content (AvgIpc) is 3.54. The summed E-state index contributed by atoms with van der Waals surface area (Å²) >= 11 is 6.31. The van der Waals surface area contributed by atoms with Crippen LogP contribution in [0.3, 0.4) is 0 Å². The number of aliphatic hydroxyl groups is 1. The Hall–Kier alpha value is -4.08. The molecule has 3 N–H and O–H groups in total. The van der Waals surface area contributed by atoms with Crippen LogP contribution in [0, 0.1) is 5.82 Å². The summed E-state index contributed by atoms with van der Waals surface area (Å²) in [6.45, 7) is -0.159. The topological polar surface area (TPSA) is 109 Å². The van der Waals surface area contributed by atoms with E-state index in [9.17, 15) is 19.1 Å². The lowest BCUT2D eigenvalue weighted by molar-refractivity contribution is 0.0900. The Morgan fingerprint density at radius 3 is 2.53 bits per heavy atom. The third-order valence-electron chi connectivity index (χ3n) is 5.96. The third-order valence-corrected chi connectivity index (χ3v) is 6.29. The zero-order chi connectivity index (χ0) is 25.3. The van der Waals surface area contributed by atoms with Crippen molar-refractivity contribution in [2.75, 3.05) is 11.9 Å². The van der Waals surface area contributed by atoms with Crippen LogP contribution in [0.2, 0.25) is 5.02 Å². The molecule has 2 heterocycles. The molecule has 182 valence electrons. The Labute approximate surface area is 210 Å². The Bertz CT molecular complexity index is 1450. The lowest BCUT2D eigenvalue weighted by atomic mass is 10.1. The molecule has 0 unspecified atom stereocenters. The molecule has 5 rings (SSSR count). The number of hydrogen-bond donors (Lipinski definition) is 3. The van der Waals surface area contributed by atoms with Crippen LogP contribution in [-0.2, 0) is 0 Å². The molecule has 0 aliphatic heterocycles. The summed E-state index contributed by atoms with van der Waals surface area (Å²) in [5.41, 5.74) is 0.650. The van der Waals surface area contributed by atoms with Gasteiger partial charge in [-0.05, 0) is 49.2 Å². The van der Waals surface area contributed by atoms with Crippen LogP contribution >= 0.6 is 11.6 Å². The molecule has 0 spiro atoms. The summed E-state index contributed by atoms with van der Waals surface area (Å²) < 4.78 is 15.7. The number of carbonyl (C=O) groups excluding carboxylic acids is 2. The van der Waals surface area contributed by atoms with Gasteiger partial charge < -0.3 is 15.7 Å². The Morgan fingerprint density at radius 2 is 1.83 bits per heavy atom. The summed E-state index contributed by atoms with van der Waals surface area (Å²) in [4.78, 5) is 30.1. The number of para-hydroxylation sites is 1. The minimum Gasteiger partial charge on any atom is -0.394 e. The first kappa shape index (κ1) is 23.7. The number of rotatable bonds is 7. The van der Waals surface area contributed by atoms with Crippen molar-refractivity contribution in [2.45, 2.75) is 18.4 Å². The highest BCUT2D eigenvalue weighted by atomic mass is 35.5. The fraction of sp³-hybridized carbons (Fsp3) is 0.154. The van der Waals surface area contributed by atoms with E-state index in [-0.39, 0.29) is 34.4 Å². The van der Waals surface area contributed by atoms with Gasteiger partial charge in [-0.2, -0.15) is 5.10 Å². The molecule has 1 aliphatic carbocycles. The number of hydrogen-bond acceptors (Lipinski definition) is 5. The molecule has 2 aromatic carbocycles. The maximum Gasteiger partial charge on any atom is 0.272 e. The van der Waals surface area contributed by atoms with Crippen LogP contribution in [-0.4, -0.2) is 43.8 Å². The number of nitrogens with zero attached hydrogens (tertiary/aromatic N) is 3. The molecule has 4 aromatic rings. The highest BCUT2D eigenvalue weighted by Crippen LogP contribution is 2.35. The average molecular weight is 506 g/mol. The van der Waals surface area contributed by atoms with Gasteiger partial charge in [0.15, 0.2) is 5.69 Å². The van der Waals surface area contributed by atoms with Crippen molar-refractivity contribution in [3.05, 3.63) is 95.0 Å². The van der Waals surface area contributed by atoms with E-state index < -0.39 is 23.2 Å². The van der Waals surface area contributed by atoms with E-state index in [1.165, 1.54) is 41.2 Å². The summed E-state index contributed by atoms with van der Waals surface area (Å²) in [6.07, 6.45) is 2.83. The second kappa shape index (κ2) is 9.52. The maximum atomic E-state index is 14.3. The number of pyridine rings is 1. The van der Waals surface area contributed by atoms with Gasteiger partial charge >= 0.3 is 0 Å². The number of amides is 2. The largest absolute Gasteiger partial charge is 0.394 e. The standard InChI is InChI=1S/C26H21ClFN5O3/c27-19-9-8-16(23-20(28)7-4-12-29-23)13-18(19)24(35)30-22-14-21(25(36)31-26(15-34)10-11-26)32-33(22)17-5-2-1-3-6-17/h1-9,12-14,34H,10-11,15H2,(H,30,35)(H,31,36). The second-order valence-corrected chi connectivity index (χ2v) is 8.94. The smallest absolute Gasteiger partial charge is 0.272 e. The number of carbonyl (C=O) groups is 2.